The van der Waals surface area contributed by atoms with Gasteiger partial charge in [0, 0.05) is 28.6 Å². The average molecular weight is 330 g/mol. The van der Waals surface area contributed by atoms with Crippen LogP contribution in [0.3, 0.4) is 0 Å². The van der Waals surface area contributed by atoms with Crippen LogP contribution in [0.5, 0.6) is 0 Å². The van der Waals surface area contributed by atoms with Gasteiger partial charge in [-0.2, -0.15) is 5.10 Å². The van der Waals surface area contributed by atoms with E-state index in [1.807, 2.05) is 36.4 Å². The zero-order valence-electron chi connectivity index (χ0n) is 10.5. The maximum absolute atomic E-state index is 10.5. The third-order valence-electron chi connectivity index (χ3n) is 2.99. The van der Waals surface area contributed by atoms with Gasteiger partial charge in [0.05, 0.1) is 11.4 Å². The van der Waals surface area contributed by atoms with Gasteiger partial charge in [-0.3, -0.25) is 4.98 Å². The molecule has 0 fully saturated rings. The van der Waals surface area contributed by atoms with Crippen LogP contribution in [0.25, 0.3) is 5.69 Å². The summed E-state index contributed by atoms with van der Waals surface area (Å²) in [7, 11) is 0. The van der Waals surface area contributed by atoms with Gasteiger partial charge in [0.1, 0.15) is 6.10 Å². The molecule has 1 atom stereocenters. The fourth-order valence-corrected chi connectivity index (χ4v) is 2.44. The smallest absolute Gasteiger partial charge is 0.123 e. The van der Waals surface area contributed by atoms with Crippen molar-refractivity contribution in [3.05, 3.63) is 76.8 Å². The van der Waals surface area contributed by atoms with Crippen molar-refractivity contribution in [1.29, 1.82) is 0 Å². The number of aliphatic hydroxyl groups excluding tert-OH is 1. The molecule has 0 aliphatic rings. The molecule has 1 N–H and O–H groups in total. The number of rotatable bonds is 3. The van der Waals surface area contributed by atoms with Crippen LogP contribution in [-0.2, 0) is 0 Å². The Balaban J connectivity index is 2.02. The molecule has 100 valence electrons. The van der Waals surface area contributed by atoms with E-state index in [1.54, 1.807) is 29.3 Å². The zero-order chi connectivity index (χ0) is 13.9. The highest BCUT2D eigenvalue weighted by Gasteiger charge is 2.16. The summed E-state index contributed by atoms with van der Waals surface area (Å²) >= 11 is 3.36. The lowest BCUT2D eigenvalue weighted by molar-refractivity contribution is 0.211. The number of aliphatic hydroxyl groups is 1. The van der Waals surface area contributed by atoms with E-state index in [9.17, 15) is 5.11 Å². The van der Waals surface area contributed by atoms with Gasteiger partial charge in [-0.25, -0.2) is 4.68 Å². The lowest BCUT2D eigenvalue weighted by Gasteiger charge is -2.13. The Bertz CT molecular complexity index is 712. The number of pyridine rings is 1. The molecule has 0 amide bonds. The number of halogens is 1. The monoisotopic (exact) mass is 329 g/mol. The number of hydrogen-bond donors (Lipinski definition) is 1. The van der Waals surface area contributed by atoms with E-state index >= 15 is 0 Å². The largest absolute Gasteiger partial charge is 0.382 e. The van der Waals surface area contributed by atoms with Crippen molar-refractivity contribution in [2.75, 3.05) is 0 Å². The summed E-state index contributed by atoms with van der Waals surface area (Å²) in [6.07, 6.45) is 4.24. The summed E-state index contributed by atoms with van der Waals surface area (Å²) in [6, 6.07) is 13.4. The summed E-state index contributed by atoms with van der Waals surface area (Å²) < 4.78 is 2.56. The van der Waals surface area contributed by atoms with Gasteiger partial charge in [-0.1, -0.05) is 18.2 Å². The van der Waals surface area contributed by atoms with Gasteiger partial charge in [-0.15, -0.1) is 0 Å². The van der Waals surface area contributed by atoms with E-state index < -0.39 is 6.10 Å². The molecule has 3 rings (SSSR count). The third kappa shape index (κ3) is 2.50. The Labute approximate surface area is 124 Å². The van der Waals surface area contributed by atoms with E-state index in [-0.39, 0.29) is 0 Å². The highest BCUT2D eigenvalue weighted by Crippen LogP contribution is 2.25. The molecule has 5 heteroatoms. The lowest BCUT2D eigenvalue weighted by atomic mass is 10.1. The highest BCUT2D eigenvalue weighted by atomic mass is 79.9. The molecule has 4 nitrogen and oxygen atoms in total. The number of hydrogen-bond acceptors (Lipinski definition) is 3. The third-order valence-corrected chi connectivity index (χ3v) is 3.43. The maximum atomic E-state index is 10.5. The van der Waals surface area contributed by atoms with E-state index in [2.05, 4.69) is 26.0 Å². The minimum atomic E-state index is -0.775. The molecule has 0 saturated heterocycles. The van der Waals surface area contributed by atoms with Crippen LogP contribution in [0.4, 0.5) is 0 Å². The molecule has 0 saturated carbocycles. The van der Waals surface area contributed by atoms with Gasteiger partial charge in [0.2, 0.25) is 0 Å². The van der Waals surface area contributed by atoms with E-state index in [4.69, 9.17) is 0 Å². The van der Waals surface area contributed by atoms with Crippen molar-refractivity contribution < 1.29 is 5.11 Å². The minimum absolute atomic E-state index is 0.705. The second-order valence-corrected chi connectivity index (χ2v) is 5.26. The Morgan fingerprint density at radius 2 is 1.90 bits per heavy atom. The molecule has 2 aromatic heterocycles. The lowest BCUT2D eigenvalue weighted by Crippen LogP contribution is -2.08. The van der Waals surface area contributed by atoms with Crippen molar-refractivity contribution >= 4 is 15.9 Å². The Morgan fingerprint density at radius 3 is 2.65 bits per heavy atom. The van der Waals surface area contributed by atoms with Crippen LogP contribution in [0.1, 0.15) is 17.4 Å². The zero-order valence-corrected chi connectivity index (χ0v) is 12.1. The molecule has 0 spiro atoms. The van der Waals surface area contributed by atoms with Gasteiger partial charge in [0.15, 0.2) is 0 Å². The fraction of sp³-hybridized carbons (Fsp3) is 0.0667. The van der Waals surface area contributed by atoms with Gasteiger partial charge in [-0.05, 0) is 40.2 Å². The highest BCUT2D eigenvalue weighted by molar-refractivity contribution is 9.10. The second kappa shape index (κ2) is 5.56. The van der Waals surface area contributed by atoms with Crippen LogP contribution in [0, 0.1) is 0 Å². The van der Waals surface area contributed by atoms with Crippen LogP contribution >= 0.6 is 15.9 Å². The Hall–Kier alpha value is -1.98. The normalized spacial score (nSPS) is 12.3. The van der Waals surface area contributed by atoms with Crippen molar-refractivity contribution in [3.63, 3.8) is 0 Å². The summed E-state index contributed by atoms with van der Waals surface area (Å²) in [4.78, 5) is 4.08. The summed E-state index contributed by atoms with van der Waals surface area (Å²) in [5.74, 6) is 0. The number of nitrogens with zero attached hydrogens (tertiary/aromatic N) is 3. The number of aromatic nitrogens is 3. The summed E-state index contributed by atoms with van der Waals surface area (Å²) in [5.41, 5.74) is 2.34. The SMILES string of the molecule is OC(c1cncc(Br)c1)c1ccnn1-c1ccccc1. The quantitative estimate of drug-likeness (QED) is 0.803. The number of benzene rings is 1. The maximum Gasteiger partial charge on any atom is 0.123 e. The van der Waals surface area contributed by atoms with Crippen LogP contribution in [-0.4, -0.2) is 19.9 Å². The Kier molecular flexibility index (Phi) is 3.62. The molecule has 0 bridgehead atoms. The first kappa shape index (κ1) is 13.0. The van der Waals surface area contributed by atoms with Crippen molar-refractivity contribution in [2.45, 2.75) is 6.10 Å². The molecular weight excluding hydrogens is 318 g/mol. The second-order valence-electron chi connectivity index (χ2n) is 4.34. The Morgan fingerprint density at radius 1 is 1.10 bits per heavy atom. The van der Waals surface area contributed by atoms with Crippen molar-refractivity contribution in [3.8, 4) is 5.69 Å². The van der Waals surface area contributed by atoms with E-state index in [0.717, 1.165) is 15.7 Å². The first-order valence-corrected chi connectivity index (χ1v) is 6.93. The molecular formula is C15H12BrN3O. The first-order valence-electron chi connectivity index (χ1n) is 6.13. The van der Waals surface area contributed by atoms with E-state index in [0.29, 0.717) is 5.69 Å². The summed E-state index contributed by atoms with van der Waals surface area (Å²) in [6.45, 7) is 0. The molecule has 0 radical (unpaired) electrons. The molecule has 20 heavy (non-hydrogen) atoms. The molecule has 1 unspecified atom stereocenters. The first-order chi connectivity index (χ1) is 9.75. The van der Waals surface area contributed by atoms with Crippen molar-refractivity contribution in [2.24, 2.45) is 0 Å². The molecule has 0 aliphatic heterocycles. The average Bonchev–Trinajstić information content (AvgIpc) is 2.97. The van der Waals surface area contributed by atoms with Crippen LogP contribution < -0.4 is 0 Å². The molecule has 2 heterocycles. The molecule has 0 aliphatic carbocycles. The predicted molar refractivity (Wildman–Crippen MR) is 79.6 cm³/mol. The summed E-state index contributed by atoms with van der Waals surface area (Å²) in [5, 5.41) is 14.8. The van der Waals surface area contributed by atoms with Crippen LogP contribution in [0.15, 0.2) is 65.5 Å². The standard InChI is InChI=1S/C15H12BrN3O/c16-12-8-11(9-17-10-12)15(20)14-6-7-18-19(14)13-4-2-1-3-5-13/h1-10,15,20H. The van der Waals surface area contributed by atoms with E-state index in [1.165, 1.54) is 0 Å². The van der Waals surface area contributed by atoms with Gasteiger partial charge >= 0.3 is 0 Å². The molecule has 3 aromatic rings. The number of para-hydroxylation sites is 1. The van der Waals surface area contributed by atoms with Gasteiger partial charge in [0.25, 0.3) is 0 Å². The molecule has 1 aromatic carbocycles. The minimum Gasteiger partial charge on any atom is -0.382 e. The fourth-order valence-electron chi connectivity index (χ4n) is 2.05. The van der Waals surface area contributed by atoms with Crippen LogP contribution in [0.2, 0.25) is 0 Å². The topological polar surface area (TPSA) is 50.9 Å². The van der Waals surface area contributed by atoms with Gasteiger partial charge < -0.3 is 5.11 Å². The predicted octanol–water partition coefficient (Wildman–Crippen LogP) is 3.11. The van der Waals surface area contributed by atoms with Crippen molar-refractivity contribution in [1.82, 2.24) is 14.8 Å².